The lowest BCUT2D eigenvalue weighted by atomic mass is 10.0. The van der Waals surface area contributed by atoms with Crippen molar-refractivity contribution in [3.8, 4) is 0 Å². The smallest absolute Gasteiger partial charge is 0.151 e. The summed E-state index contributed by atoms with van der Waals surface area (Å²) in [6, 6.07) is 0. The molecule has 0 aliphatic heterocycles. The Morgan fingerprint density at radius 2 is 2.22 bits per heavy atom. The quantitative estimate of drug-likeness (QED) is 0.402. The van der Waals surface area contributed by atoms with Crippen molar-refractivity contribution in [1.82, 2.24) is 0 Å². The van der Waals surface area contributed by atoms with Gasteiger partial charge in [0.25, 0.3) is 0 Å². The fourth-order valence-electron chi connectivity index (χ4n) is 0.240. The fourth-order valence-corrected chi connectivity index (χ4v) is 0.240. The number of aliphatic hydroxyl groups is 3. The lowest BCUT2D eigenvalue weighted by molar-refractivity contribution is -0.134. The highest BCUT2D eigenvalue weighted by atomic mass is 16.4. The summed E-state index contributed by atoms with van der Waals surface area (Å²) < 4.78 is 0. The number of rotatable bonds is 3. The van der Waals surface area contributed by atoms with Gasteiger partial charge in [-0.05, 0) is 6.92 Å². The molecule has 0 saturated heterocycles. The first-order valence-electron chi connectivity index (χ1n) is 2.51. The van der Waals surface area contributed by atoms with Crippen molar-refractivity contribution in [3.05, 3.63) is 0 Å². The van der Waals surface area contributed by atoms with Gasteiger partial charge in [0.05, 0.1) is 6.61 Å². The summed E-state index contributed by atoms with van der Waals surface area (Å²) >= 11 is 0. The van der Waals surface area contributed by atoms with E-state index in [4.69, 9.17) is 15.3 Å². The maximum Gasteiger partial charge on any atom is 0.151 e. The van der Waals surface area contributed by atoms with E-state index in [1.807, 2.05) is 0 Å². The van der Waals surface area contributed by atoms with Crippen molar-refractivity contribution in [2.75, 3.05) is 6.61 Å². The molecule has 0 fully saturated rings. The average molecular weight is 134 g/mol. The molecule has 2 atom stereocenters. The molecule has 4 nitrogen and oxygen atoms in total. The van der Waals surface area contributed by atoms with Crippen molar-refractivity contribution in [3.63, 3.8) is 0 Å². The number of carbonyl (C=O) groups is 1. The van der Waals surface area contributed by atoms with E-state index in [1.54, 1.807) is 0 Å². The second-order valence-electron chi connectivity index (χ2n) is 2.10. The third-order valence-electron chi connectivity index (χ3n) is 1.09. The highest BCUT2D eigenvalue weighted by Crippen LogP contribution is 2.05. The Labute approximate surface area is 52.7 Å². The summed E-state index contributed by atoms with van der Waals surface area (Å²) in [7, 11) is 0. The first-order chi connectivity index (χ1) is 4.04. The van der Waals surface area contributed by atoms with Gasteiger partial charge in [0, 0.05) is 0 Å². The first kappa shape index (κ1) is 8.55. The fraction of sp³-hybridized carbons (Fsp3) is 0.800. The Morgan fingerprint density at radius 1 is 1.78 bits per heavy atom. The lowest BCUT2D eigenvalue weighted by Crippen LogP contribution is -2.43. The zero-order chi connectivity index (χ0) is 7.49. The zero-order valence-electron chi connectivity index (χ0n) is 5.11. The average Bonchev–Trinajstić information content (AvgIpc) is 1.86. The van der Waals surface area contributed by atoms with Gasteiger partial charge < -0.3 is 20.1 Å². The van der Waals surface area contributed by atoms with Crippen molar-refractivity contribution in [1.29, 1.82) is 0 Å². The lowest BCUT2D eigenvalue weighted by Gasteiger charge is -2.21. The van der Waals surface area contributed by atoms with Crippen LogP contribution in [-0.4, -0.2) is 39.9 Å². The molecule has 0 aliphatic rings. The van der Waals surface area contributed by atoms with Gasteiger partial charge in [-0.1, -0.05) is 0 Å². The predicted octanol–water partition coefficient (Wildman–Crippen LogP) is -1.71. The topological polar surface area (TPSA) is 77.8 Å². The second-order valence-corrected chi connectivity index (χ2v) is 2.10. The third-order valence-corrected chi connectivity index (χ3v) is 1.09. The van der Waals surface area contributed by atoms with Gasteiger partial charge in [-0.15, -0.1) is 0 Å². The van der Waals surface area contributed by atoms with Crippen molar-refractivity contribution in [2.45, 2.75) is 18.6 Å². The Kier molecular flexibility index (Phi) is 2.76. The normalized spacial score (nSPS) is 20.4. The molecule has 0 aliphatic carbocycles. The molecule has 0 aromatic heterocycles. The van der Waals surface area contributed by atoms with E-state index in [-0.39, 0.29) is 6.29 Å². The summed E-state index contributed by atoms with van der Waals surface area (Å²) in [5, 5.41) is 25.8. The first-order valence-corrected chi connectivity index (χ1v) is 2.51. The summed E-state index contributed by atoms with van der Waals surface area (Å²) in [5.41, 5.74) is -1.71. The summed E-state index contributed by atoms with van der Waals surface area (Å²) in [4.78, 5) is 9.79. The van der Waals surface area contributed by atoms with Gasteiger partial charge in [-0.25, -0.2) is 0 Å². The molecule has 0 unspecified atom stereocenters. The monoisotopic (exact) mass is 134 g/mol. The second kappa shape index (κ2) is 2.91. The van der Waals surface area contributed by atoms with Crippen LogP contribution in [0.15, 0.2) is 0 Å². The molecule has 0 bridgehead atoms. The number of hydrogen-bond acceptors (Lipinski definition) is 4. The highest BCUT2D eigenvalue weighted by Gasteiger charge is 2.28. The van der Waals surface area contributed by atoms with Crippen LogP contribution in [0.3, 0.4) is 0 Å². The molecule has 0 rings (SSSR count). The molecular formula is C5H10O4. The molecule has 54 valence electrons. The molecule has 0 aromatic rings. The molecule has 9 heavy (non-hydrogen) atoms. The van der Waals surface area contributed by atoms with Crippen LogP contribution < -0.4 is 0 Å². The zero-order valence-corrected chi connectivity index (χ0v) is 5.11. The Balaban J connectivity index is 3.95. The molecule has 0 saturated carbocycles. The molecule has 0 aromatic carbocycles. The van der Waals surface area contributed by atoms with E-state index in [9.17, 15) is 4.79 Å². The van der Waals surface area contributed by atoms with Crippen LogP contribution in [0.1, 0.15) is 6.92 Å². The maximum atomic E-state index is 9.79. The summed E-state index contributed by atoms with van der Waals surface area (Å²) in [6.07, 6.45) is -1.33. The van der Waals surface area contributed by atoms with Crippen LogP contribution in [0.25, 0.3) is 0 Å². The third kappa shape index (κ3) is 2.09. The Bertz CT molecular complexity index is 99.1. The number of carbonyl (C=O) groups excluding carboxylic acids is 1. The van der Waals surface area contributed by atoms with Gasteiger partial charge >= 0.3 is 0 Å². The molecule has 3 N–H and O–H groups in total. The Morgan fingerprint density at radius 3 is 2.33 bits per heavy atom. The van der Waals surface area contributed by atoms with Crippen LogP contribution in [0, 0.1) is 0 Å². The standard InChI is InChI=1S/C5H10O4/c1-5(9,3-7)4(8)2-6/h2,4,7-9H,3H2,1H3/t4-,5-/m1/s1. The van der Waals surface area contributed by atoms with E-state index in [1.165, 1.54) is 6.92 Å². The highest BCUT2D eigenvalue weighted by molar-refractivity contribution is 5.57. The van der Waals surface area contributed by atoms with Crippen molar-refractivity contribution >= 4 is 6.29 Å². The van der Waals surface area contributed by atoms with Gasteiger partial charge in [0.2, 0.25) is 0 Å². The molecule has 0 spiro atoms. The summed E-state index contributed by atoms with van der Waals surface area (Å²) in [6.45, 7) is 0.541. The van der Waals surface area contributed by atoms with Gasteiger partial charge in [-0.2, -0.15) is 0 Å². The maximum absolute atomic E-state index is 9.79. The molecule has 4 heteroatoms. The minimum Gasteiger partial charge on any atom is -0.393 e. The molecular weight excluding hydrogens is 124 g/mol. The largest absolute Gasteiger partial charge is 0.393 e. The van der Waals surface area contributed by atoms with E-state index >= 15 is 0 Å². The Hall–Kier alpha value is -0.450. The van der Waals surface area contributed by atoms with E-state index < -0.39 is 18.3 Å². The number of aldehydes is 1. The predicted molar refractivity (Wildman–Crippen MR) is 29.8 cm³/mol. The molecule has 0 amide bonds. The van der Waals surface area contributed by atoms with Gasteiger partial charge in [0.15, 0.2) is 6.29 Å². The SMILES string of the molecule is C[C@@](O)(CO)[C@H](O)C=O. The van der Waals surface area contributed by atoms with Crippen LogP contribution in [0.2, 0.25) is 0 Å². The minimum absolute atomic E-state index is 0.177. The minimum atomic E-state index is -1.71. The van der Waals surface area contributed by atoms with Gasteiger partial charge in [-0.3, -0.25) is 0 Å². The number of aliphatic hydroxyl groups excluding tert-OH is 2. The van der Waals surface area contributed by atoms with Crippen LogP contribution in [-0.2, 0) is 4.79 Å². The van der Waals surface area contributed by atoms with Crippen molar-refractivity contribution in [2.24, 2.45) is 0 Å². The number of hydrogen-bond donors (Lipinski definition) is 3. The van der Waals surface area contributed by atoms with Crippen LogP contribution in [0.4, 0.5) is 0 Å². The molecule has 0 heterocycles. The van der Waals surface area contributed by atoms with Crippen LogP contribution in [0.5, 0.6) is 0 Å². The van der Waals surface area contributed by atoms with E-state index in [0.29, 0.717) is 0 Å². The summed E-state index contributed by atoms with van der Waals surface area (Å²) in [5.74, 6) is 0. The molecule has 0 radical (unpaired) electrons. The van der Waals surface area contributed by atoms with E-state index in [2.05, 4.69) is 0 Å². The van der Waals surface area contributed by atoms with E-state index in [0.717, 1.165) is 0 Å². The van der Waals surface area contributed by atoms with Gasteiger partial charge in [0.1, 0.15) is 11.7 Å². The van der Waals surface area contributed by atoms with Crippen molar-refractivity contribution < 1.29 is 20.1 Å². The van der Waals surface area contributed by atoms with Crippen LogP contribution >= 0.6 is 0 Å².